The van der Waals surface area contributed by atoms with Gasteiger partial charge in [0.1, 0.15) is 6.04 Å². The van der Waals surface area contributed by atoms with E-state index in [0.29, 0.717) is 0 Å². The van der Waals surface area contributed by atoms with Crippen LogP contribution in [0.25, 0.3) is 0 Å². The second-order valence-electron chi connectivity index (χ2n) is 5.19. The molecule has 2 fully saturated rings. The molecule has 3 unspecified atom stereocenters. The number of aliphatic hydroxyl groups is 1. The van der Waals surface area contributed by atoms with Gasteiger partial charge in [-0.15, -0.1) is 0 Å². The van der Waals surface area contributed by atoms with Crippen molar-refractivity contribution >= 4 is 5.97 Å². The standard InChI is InChI=1S/C13H23NO3/c1-17-13(16)11-7-5-9-14(11)10-6-3-2-4-8-12(10)15/h10-12,15H,2-9H2,1H3. The maximum atomic E-state index is 11.7. The Hall–Kier alpha value is -0.610. The predicted molar refractivity (Wildman–Crippen MR) is 64.6 cm³/mol. The molecule has 1 heterocycles. The third-order valence-corrected chi connectivity index (χ3v) is 4.14. The molecule has 98 valence electrons. The molecule has 0 amide bonds. The van der Waals surface area contributed by atoms with Crippen LogP contribution in [0.4, 0.5) is 0 Å². The van der Waals surface area contributed by atoms with Crippen LogP contribution in [0.15, 0.2) is 0 Å². The summed E-state index contributed by atoms with van der Waals surface area (Å²) >= 11 is 0. The van der Waals surface area contributed by atoms with Crippen LogP contribution in [0.1, 0.15) is 44.9 Å². The van der Waals surface area contributed by atoms with E-state index in [1.165, 1.54) is 13.5 Å². The molecule has 1 N–H and O–H groups in total. The van der Waals surface area contributed by atoms with Crippen LogP contribution in [0, 0.1) is 0 Å². The first-order valence-electron chi connectivity index (χ1n) is 6.75. The molecule has 1 aliphatic carbocycles. The van der Waals surface area contributed by atoms with Crippen LogP contribution >= 0.6 is 0 Å². The van der Waals surface area contributed by atoms with Crippen LogP contribution in [0.5, 0.6) is 0 Å². The molecular formula is C13H23NO3. The van der Waals surface area contributed by atoms with Crippen molar-refractivity contribution in [3.63, 3.8) is 0 Å². The fourth-order valence-electron chi connectivity index (χ4n) is 3.23. The lowest BCUT2D eigenvalue weighted by Gasteiger charge is -2.33. The molecule has 17 heavy (non-hydrogen) atoms. The third kappa shape index (κ3) is 2.80. The summed E-state index contributed by atoms with van der Waals surface area (Å²) in [4.78, 5) is 13.9. The second kappa shape index (κ2) is 5.83. The fourth-order valence-corrected chi connectivity index (χ4v) is 3.23. The highest BCUT2D eigenvalue weighted by atomic mass is 16.5. The SMILES string of the molecule is COC(=O)C1CCCN1C1CCCCCC1O. The van der Waals surface area contributed by atoms with Crippen molar-refractivity contribution in [1.29, 1.82) is 0 Å². The first-order valence-corrected chi connectivity index (χ1v) is 6.75. The molecule has 4 nitrogen and oxygen atoms in total. The smallest absolute Gasteiger partial charge is 0.323 e. The quantitative estimate of drug-likeness (QED) is 0.585. The number of esters is 1. The van der Waals surface area contributed by atoms with Crippen LogP contribution in [0.2, 0.25) is 0 Å². The van der Waals surface area contributed by atoms with Gasteiger partial charge in [-0.1, -0.05) is 19.3 Å². The number of carbonyl (C=O) groups excluding carboxylic acids is 1. The van der Waals surface area contributed by atoms with E-state index < -0.39 is 0 Å². The van der Waals surface area contributed by atoms with Crippen molar-refractivity contribution in [2.75, 3.05) is 13.7 Å². The van der Waals surface area contributed by atoms with Gasteiger partial charge in [0.15, 0.2) is 0 Å². The zero-order chi connectivity index (χ0) is 12.3. The molecule has 0 aromatic rings. The summed E-state index contributed by atoms with van der Waals surface area (Å²) in [7, 11) is 1.45. The molecule has 2 aliphatic rings. The summed E-state index contributed by atoms with van der Waals surface area (Å²) in [5.74, 6) is -0.140. The molecule has 1 aliphatic heterocycles. The summed E-state index contributed by atoms with van der Waals surface area (Å²) < 4.78 is 4.86. The lowest BCUT2D eigenvalue weighted by molar-refractivity contribution is -0.147. The highest BCUT2D eigenvalue weighted by molar-refractivity contribution is 5.76. The van der Waals surface area contributed by atoms with Crippen molar-refractivity contribution in [2.45, 2.75) is 63.1 Å². The monoisotopic (exact) mass is 241 g/mol. The summed E-state index contributed by atoms with van der Waals surface area (Å²) in [6, 6.07) is 0.0295. The third-order valence-electron chi connectivity index (χ3n) is 4.14. The van der Waals surface area contributed by atoms with Crippen LogP contribution in [-0.4, -0.2) is 47.8 Å². The number of hydrogen-bond acceptors (Lipinski definition) is 4. The van der Waals surface area contributed by atoms with Gasteiger partial charge < -0.3 is 9.84 Å². The molecular weight excluding hydrogens is 218 g/mol. The molecule has 1 saturated carbocycles. The lowest BCUT2D eigenvalue weighted by atomic mass is 10.0. The van der Waals surface area contributed by atoms with Gasteiger partial charge in [0.05, 0.1) is 13.2 Å². The molecule has 3 atom stereocenters. The molecule has 4 heteroatoms. The zero-order valence-corrected chi connectivity index (χ0v) is 10.6. The summed E-state index contributed by atoms with van der Waals surface area (Å²) in [5, 5.41) is 10.2. The van der Waals surface area contributed by atoms with Crippen molar-refractivity contribution in [3.8, 4) is 0 Å². The highest BCUT2D eigenvalue weighted by Crippen LogP contribution is 2.29. The van der Waals surface area contributed by atoms with Gasteiger partial charge in [0.25, 0.3) is 0 Å². The van der Waals surface area contributed by atoms with Gasteiger partial charge in [0, 0.05) is 6.04 Å². The van der Waals surface area contributed by atoms with Crippen LogP contribution in [-0.2, 0) is 9.53 Å². The number of ether oxygens (including phenoxy) is 1. The van der Waals surface area contributed by atoms with E-state index in [1.807, 2.05) is 0 Å². The molecule has 0 aromatic heterocycles. The Kier molecular flexibility index (Phi) is 4.40. The molecule has 0 aromatic carbocycles. The number of hydrogen-bond donors (Lipinski definition) is 1. The summed E-state index contributed by atoms with van der Waals surface area (Å²) in [5.41, 5.74) is 0. The number of aliphatic hydroxyl groups excluding tert-OH is 1. The minimum atomic E-state index is -0.275. The largest absolute Gasteiger partial charge is 0.468 e. The summed E-state index contributed by atoms with van der Waals surface area (Å²) in [6.45, 7) is 0.918. The average Bonchev–Trinajstić information content (AvgIpc) is 2.72. The van der Waals surface area contributed by atoms with Crippen molar-refractivity contribution < 1.29 is 14.6 Å². The Morgan fingerprint density at radius 2 is 1.94 bits per heavy atom. The zero-order valence-electron chi connectivity index (χ0n) is 10.6. The lowest BCUT2D eigenvalue weighted by Crippen LogP contribution is -2.48. The van der Waals surface area contributed by atoms with E-state index >= 15 is 0 Å². The Bertz CT molecular complexity index is 269. The fraction of sp³-hybridized carbons (Fsp3) is 0.923. The van der Waals surface area contributed by atoms with E-state index in [-0.39, 0.29) is 24.2 Å². The Balaban J connectivity index is 2.05. The number of nitrogens with zero attached hydrogens (tertiary/aromatic N) is 1. The second-order valence-corrected chi connectivity index (χ2v) is 5.19. The van der Waals surface area contributed by atoms with Gasteiger partial charge in [0.2, 0.25) is 0 Å². The first-order chi connectivity index (χ1) is 8.24. The van der Waals surface area contributed by atoms with Crippen molar-refractivity contribution in [1.82, 2.24) is 4.90 Å². The number of rotatable bonds is 2. The van der Waals surface area contributed by atoms with Crippen molar-refractivity contribution in [3.05, 3.63) is 0 Å². The Morgan fingerprint density at radius 3 is 2.71 bits per heavy atom. The van der Waals surface area contributed by atoms with E-state index in [9.17, 15) is 9.90 Å². The molecule has 0 bridgehead atoms. The van der Waals surface area contributed by atoms with E-state index in [1.54, 1.807) is 0 Å². The number of carbonyl (C=O) groups is 1. The Labute approximate surface area is 103 Å². The molecule has 0 radical (unpaired) electrons. The predicted octanol–water partition coefficient (Wildman–Crippen LogP) is 1.32. The van der Waals surface area contributed by atoms with Crippen molar-refractivity contribution in [2.24, 2.45) is 0 Å². The van der Waals surface area contributed by atoms with Gasteiger partial charge in [-0.2, -0.15) is 0 Å². The summed E-state index contributed by atoms with van der Waals surface area (Å²) in [6.07, 6.45) is 6.97. The maximum Gasteiger partial charge on any atom is 0.323 e. The maximum absolute atomic E-state index is 11.7. The topological polar surface area (TPSA) is 49.8 Å². The number of methoxy groups -OCH3 is 1. The molecule has 2 rings (SSSR count). The first kappa shape index (κ1) is 12.8. The van der Waals surface area contributed by atoms with Gasteiger partial charge in [-0.25, -0.2) is 0 Å². The molecule has 1 saturated heterocycles. The molecule has 0 spiro atoms. The number of likely N-dealkylation sites (tertiary alicyclic amines) is 1. The van der Waals surface area contributed by atoms with Crippen LogP contribution < -0.4 is 0 Å². The van der Waals surface area contributed by atoms with Gasteiger partial charge in [-0.05, 0) is 32.2 Å². The van der Waals surface area contributed by atoms with E-state index in [4.69, 9.17) is 4.74 Å². The van der Waals surface area contributed by atoms with Gasteiger partial charge >= 0.3 is 5.97 Å². The highest BCUT2D eigenvalue weighted by Gasteiger charge is 2.38. The average molecular weight is 241 g/mol. The minimum absolute atomic E-state index is 0.127. The van der Waals surface area contributed by atoms with Crippen LogP contribution in [0.3, 0.4) is 0 Å². The normalized spacial score (nSPS) is 35.5. The Morgan fingerprint density at radius 1 is 1.18 bits per heavy atom. The van der Waals surface area contributed by atoms with Gasteiger partial charge in [-0.3, -0.25) is 9.69 Å². The van der Waals surface area contributed by atoms with E-state index in [2.05, 4.69) is 4.90 Å². The minimum Gasteiger partial charge on any atom is -0.468 e. The van der Waals surface area contributed by atoms with E-state index in [0.717, 1.165) is 45.1 Å².